The zero-order valence-corrected chi connectivity index (χ0v) is 23.6. The first-order valence-corrected chi connectivity index (χ1v) is 13.0. The van der Waals surface area contributed by atoms with Crippen molar-refractivity contribution in [3.8, 4) is 11.5 Å². The summed E-state index contributed by atoms with van der Waals surface area (Å²) < 4.78 is 19.1. The van der Waals surface area contributed by atoms with Gasteiger partial charge in [-0.3, -0.25) is 10.1 Å². The molecular weight excluding hydrogens is 690 g/mol. The van der Waals surface area contributed by atoms with Crippen LogP contribution < -0.4 is 9.47 Å². The Morgan fingerprint density at radius 3 is 2.64 bits per heavy atom. The summed E-state index contributed by atoms with van der Waals surface area (Å²) in [4.78, 5) is 27.6. The van der Waals surface area contributed by atoms with E-state index in [0.717, 1.165) is 12.7 Å². The van der Waals surface area contributed by atoms with Crippen LogP contribution in [-0.4, -0.2) is 23.4 Å². The summed E-state index contributed by atoms with van der Waals surface area (Å²) in [6.45, 7) is 4.34. The van der Waals surface area contributed by atoms with Gasteiger partial charge in [0.2, 0.25) is 5.90 Å². The zero-order chi connectivity index (χ0) is 25.8. The molecule has 0 aromatic heterocycles. The molecule has 0 amide bonds. The minimum Gasteiger partial charge on any atom is -0.490 e. The van der Waals surface area contributed by atoms with E-state index >= 15 is 0 Å². The molecule has 1 aliphatic heterocycles. The van der Waals surface area contributed by atoms with Gasteiger partial charge in [-0.25, -0.2) is 9.79 Å². The van der Waals surface area contributed by atoms with Gasteiger partial charge in [-0.15, -0.1) is 0 Å². The highest BCUT2D eigenvalue weighted by molar-refractivity contribution is 14.1. The fourth-order valence-corrected chi connectivity index (χ4v) is 4.87. The van der Waals surface area contributed by atoms with Crippen molar-refractivity contribution < 1.29 is 23.9 Å². The molecule has 10 heteroatoms. The third-order valence-electron chi connectivity index (χ3n) is 5.18. The number of esters is 1. The molecule has 0 saturated carbocycles. The first-order chi connectivity index (χ1) is 17.2. The van der Waals surface area contributed by atoms with Crippen molar-refractivity contribution in [3.63, 3.8) is 0 Å². The maximum atomic E-state index is 12.5. The number of nitrogens with zero attached hydrogens (tertiary/aromatic N) is 2. The SMILES string of the molecule is CCOc1cc(/C=C2\N=C(c3ccc(C)c([N+](=O)[O-])c3)OC2=O)cc(I)c1OCc1cccc(I)c1. The number of aliphatic imine (C=N–C) groups is 1. The molecule has 184 valence electrons. The van der Waals surface area contributed by atoms with Gasteiger partial charge in [0.25, 0.3) is 5.69 Å². The van der Waals surface area contributed by atoms with Gasteiger partial charge in [-0.2, -0.15) is 0 Å². The highest BCUT2D eigenvalue weighted by Gasteiger charge is 2.26. The number of halogens is 2. The molecule has 3 aromatic carbocycles. The van der Waals surface area contributed by atoms with E-state index in [4.69, 9.17) is 14.2 Å². The Morgan fingerprint density at radius 2 is 1.92 bits per heavy atom. The summed E-state index contributed by atoms with van der Waals surface area (Å²) in [7, 11) is 0. The molecular formula is C26H20I2N2O6. The summed E-state index contributed by atoms with van der Waals surface area (Å²) in [5, 5.41) is 11.3. The average Bonchev–Trinajstić information content (AvgIpc) is 3.19. The largest absolute Gasteiger partial charge is 0.490 e. The molecule has 0 fully saturated rings. The smallest absolute Gasteiger partial charge is 0.363 e. The van der Waals surface area contributed by atoms with Crippen LogP contribution in [-0.2, 0) is 16.1 Å². The van der Waals surface area contributed by atoms with Gasteiger partial charge in [-0.1, -0.05) is 18.2 Å². The molecule has 0 spiro atoms. The Balaban J connectivity index is 1.63. The van der Waals surface area contributed by atoms with Crippen LogP contribution in [0.2, 0.25) is 0 Å². The lowest BCUT2D eigenvalue weighted by molar-refractivity contribution is -0.385. The maximum absolute atomic E-state index is 12.5. The lowest BCUT2D eigenvalue weighted by atomic mass is 10.1. The number of benzene rings is 3. The summed E-state index contributed by atoms with van der Waals surface area (Å²) in [6.07, 6.45) is 1.59. The lowest BCUT2D eigenvalue weighted by Crippen LogP contribution is -2.06. The Bertz CT molecular complexity index is 1420. The minimum absolute atomic E-state index is 0.0199. The fourth-order valence-electron chi connectivity index (χ4n) is 3.49. The Labute approximate surface area is 234 Å². The normalized spacial score (nSPS) is 13.9. The molecule has 0 bridgehead atoms. The van der Waals surface area contributed by atoms with Crippen LogP contribution in [0.5, 0.6) is 11.5 Å². The molecule has 0 unspecified atom stereocenters. The van der Waals surface area contributed by atoms with E-state index in [1.807, 2.05) is 31.2 Å². The van der Waals surface area contributed by atoms with Gasteiger partial charge >= 0.3 is 5.97 Å². The molecule has 4 rings (SSSR count). The van der Waals surface area contributed by atoms with Crippen LogP contribution in [0.15, 0.2) is 65.3 Å². The van der Waals surface area contributed by atoms with Crippen molar-refractivity contribution in [1.82, 2.24) is 0 Å². The van der Waals surface area contributed by atoms with Gasteiger partial charge < -0.3 is 14.2 Å². The van der Waals surface area contributed by atoms with Gasteiger partial charge in [-0.05, 0) is 107 Å². The van der Waals surface area contributed by atoms with Crippen LogP contribution in [0.3, 0.4) is 0 Å². The molecule has 0 radical (unpaired) electrons. The topological polar surface area (TPSA) is 100 Å². The van der Waals surface area contributed by atoms with Crippen LogP contribution in [0.1, 0.15) is 29.2 Å². The number of hydrogen-bond acceptors (Lipinski definition) is 7. The predicted octanol–water partition coefficient (Wildman–Crippen LogP) is 6.43. The number of carbonyl (C=O) groups is 1. The van der Waals surface area contributed by atoms with Gasteiger partial charge in [0.1, 0.15) is 6.61 Å². The highest BCUT2D eigenvalue weighted by Crippen LogP contribution is 2.36. The van der Waals surface area contributed by atoms with Crippen LogP contribution >= 0.6 is 45.2 Å². The van der Waals surface area contributed by atoms with Crippen LogP contribution in [0.4, 0.5) is 5.69 Å². The van der Waals surface area contributed by atoms with Crippen molar-refractivity contribution in [2.24, 2.45) is 4.99 Å². The van der Waals surface area contributed by atoms with Crippen molar-refractivity contribution in [1.29, 1.82) is 0 Å². The minimum atomic E-state index is -0.639. The first kappa shape index (κ1) is 26.1. The quantitative estimate of drug-likeness (QED) is 0.0879. The van der Waals surface area contributed by atoms with Gasteiger partial charge in [0.15, 0.2) is 17.2 Å². The maximum Gasteiger partial charge on any atom is 0.363 e. The predicted molar refractivity (Wildman–Crippen MR) is 152 cm³/mol. The molecule has 0 saturated heterocycles. The highest BCUT2D eigenvalue weighted by atomic mass is 127. The van der Waals surface area contributed by atoms with Crippen molar-refractivity contribution in [3.05, 3.63) is 99.8 Å². The number of cyclic esters (lactones) is 1. The van der Waals surface area contributed by atoms with Crippen molar-refractivity contribution >= 4 is 68.8 Å². The number of rotatable bonds is 8. The van der Waals surface area contributed by atoms with E-state index in [0.29, 0.717) is 41.4 Å². The number of ether oxygens (including phenoxy) is 3. The second-order valence-electron chi connectivity index (χ2n) is 7.78. The summed E-state index contributed by atoms with van der Waals surface area (Å²) in [5.74, 6) is 0.543. The number of carbonyl (C=O) groups excluding carboxylic acids is 1. The summed E-state index contributed by atoms with van der Waals surface area (Å²) in [6, 6.07) is 16.3. The molecule has 1 aliphatic rings. The molecule has 36 heavy (non-hydrogen) atoms. The molecule has 0 aliphatic carbocycles. The molecule has 0 N–H and O–H groups in total. The Morgan fingerprint density at radius 1 is 1.11 bits per heavy atom. The second-order valence-corrected chi connectivity index (χ2v) is 10.2. The molecule has 8 nitrogen and oxygen atoms in total. The molecule has 3 aromatic rings. The number of hydrogen-bond donors (Lipinski definition) is 0. The summed E-state index contributed by atoms with van der Waals surface area (Å²) in [5.41, 5.74) is 2.59. The van der Waals surface area contributed by atoms with E-state index < -0.39 is 10.9 Å². The van der Waals surface area contributed by atoms with E-state index in [9.17, 15) is 14.9 Å². The first-order valence-electron chi connectivity index (χ1n) is 10.9. The number of aryl methyl sites for hydroxylation is 1. The fraction of sp³-hybridized carbons (Fsp3) is 0.154. The van der Waals surface area contributed by atoms with Crippen LogP contribution in [0, 0.1) is 24.2 Å². The van der Waals surface area contributed by atoms with Gasteiger partial charge in [0, 0.05) is 20.8 Å². The lowest BCUT2D eigenvalue weighted by Gasteiger charge is -2.15. The van der Waals surface area contributed by atoms with E-state index in [1.54, 1.807) is 31.2 Å². The van der Waals surface area contributed by atoms with E-state index in [2.05, 4.69) is 56.2 Å². The monoisotopic (exact) mass is 710 g/mol. The van der Waals surface area contributed by atoms with Crippen molar-refractivity contribution in [2.45, 2.75) is 20.5 Å². The third-order valence-corrected chi connectivity index (χ3v) is 6.65. The average molecular weight is 710 g/mol. The van der Waals surface area contributed by atoms with Crippen LogP contribution in [0.25, 0.3) is 6.08 Å². The molecule has 1 heterocycles. The molecule has 0 atom stereocenters. The third kappa shape index (κ3) is 6.03. The van der Waals surface area contributed by atoms with E-state index in [-0.39, 0.29) is 17.3 Å². The standard InChI is InChI=1S/C26H20I2N2O6/c1-3-34-23-12-17(10-20(28)24(23)35-14-16-5-4-6-19(27)9-16)11-21-26(31)36-25(29-21)18-8-7-15(2)22(13-18)30(32)33/h4-13H,3,14H2,1-2H3/b21-11-. The number of nitro groups is 1. The Kier molecular flexibility index (Phi) is 8.24. The second kappa shape index (κ2) is 11.4. The summed E-state index contributed by atoms with van der Waals surface area (Å²) >= 11 is 4.43. The van der Waals surface area contributed by atoms with Gasteiger partial charge in [0.05, 0.1) is 15.1 Å². The number of nitro benzene ring substituents is 1. The van der Waals surface area contributed by atoms with E-state index in [1.165, 1.54) is 6.07 Å². The zero-order valence-electron chi connectivity index (χ0n) is 19.3. The Hall–Kier alpha value is -3.00. The van der Waals surface area contributed by atoms with Crippen molar-refractivity contribution in [2.75, 3.05) is 6.61 Å².